The Hall–Kier alpha value is -1.61. The van der Waals surface area contributed by atoms with E-state index in [4.69, 9.17) is 0 Å². The predicted octanol–water partition coefficient (Wildman–Crippen LogP) is 3.71. The summed E-state index contributed by atoms with van der Waals surface area (Å²) in [5.41, 5.74) is 1.12. The van der Waals surface area contributed by atoms with Crippen molar-refractivity contribution in [1.29, 1.82) is 0 Å². The molecule has 1 aromatic rings. The standard InChI is InChI=1S/C21H29NO2/c1-3-15-9-12-19-18(15)11-10-17(13-23)20(19)21(24)22-14(2)16-7-5-4-6-8-16/h4-8,10-11,14-15,17-20,23H,3,9,12-13H2,1-2H3,(H,22,24)/t14-,15+,17+,18-,19-,20-/m0/s1. The molecule has 0 saturated heterocycles. The van der Waals surface area contributed by atoms with Crippen LogP contribution in [0.2, 0.25) is 0 Å². The molecule has 2 N–H and O–H groups in total. The van der Waals surface area contributed by atoms with Crippen molar-refractivity contribution in [3.05, 3.63) is 48.0 Å². The van der Waals surface area contributed by atoms with Gasteiger partial charge < -0.3 is 10.4 Å². The van der Waals surface area contributed by atoms with E-state index in [2.05, 4.69) is 24.4 Å². The zero-order valence-corrected chi connectivity index (χ0v) is 14.7. The smallest absolute Gasteiger partial charge is 0.224 e. The third kappa shape index (κ3) is 3.27. The highest BCUT2D eigenvalue weighted by atomic mass is 16.3. The molecule has 0 aromatic heterocycles. The van der Waals surface area contributed by atoms with E-state index in [1.54, 1.807) is 0 Å². The number of hydrogen-bond donors (Lipinski definition) is 2. The zero-order chi connectivity index (χ0) is 17.1. The molecule has 1 aromatic carbocycles. The van der Waals surface area contributed by atoms with Crippen molar-refractivity contribution in [2.24, 2.45) is 29.6 Å². The molecule has 3 heteroatoms. The van der Waals surface area contributed by atoms with Crippen LogP contribution in [0.1, 0.15) is 44.7 Å². The molecule has 6 atom stereocenters. The highest BCUT2D eigenvalue weighted by Gasteiger charge is 2.46. The van der Waals surface area contributed by atoms with Crippen molar-refractivity contribution in [2.75, 3.05) is 6.61 Å². The second-order valence-electron chi connectivity index (χ2n) is 7.38. The van der Waals surface area contributed by atoms with Crippen molar-refractivity contribution in [3.63, 3.8) is 0 Å². The van der Waals surface area contributed by atoms with Gasteiger partial charge in [-0.2, -0.15) is 0 Å². The third-order valence-corrected chi connectivity index (χ3v) is 6.11. The van der Waals surface area contributed by atoms with Gasteiger partial charge in [0.05, 0.1) is 12.6 Å². The normalized spacial score (nSPS) is 33.0. The van der Waals surface area contributed by atoms with Crippen molar-refractivity contribution in [3.8, 4) is 0 Å². The first kappa shape index (κ1) is 17.2. The van der Waals surface area contributed by atoms with Gasteiger partial charge in [-0.25, -0.2) is 0 Å². The number of hydrogen-bond acceptors (Lipinski definition) is 2. The van der Waals surface area contributed by atoms with E-state index in [1.165, 1.54) is 12.8 Å². The molecule has 1 fully saturated rings. The van der Waals surface area contributed by atoms with Crippen LogP contribution in [0.4, 0.5) is 0 Å². The molecule has 0 radical (unpaired) electrons. The van der Waals surface area contributed by atoms with E-state index in [0.717, 1.165) is 12.0 Å². The van der Waals surface area contributed by atoms with Crippen LogP contribution in [0.15, 0.2) is 42.5 Å². The molecule has 0 bridgehead atoms. The van der Waals surface area contributed by atoms with Gasteiger partial charge in [0, 0.05) is 11.8 Å². The summed E-state index contributed by atoms with van der Waals surface area (Å²) >= 11 is 0. The Morgan fingerprint density at radius 2 is 2.00 bits per heavy atom. The molecule has 2 aliphatic carbocycles. The minimum atomic E-state index is -0.104. The maximum atomic E-state index is 13.0. The maximum absolute atomic E-state index is 13.0. The van der Waals surface area contributed by atoms with Crippen molar-refractivity contribution in [2.45, 2.75) is 39.2 Å². The van der Waals surface area contributed by atoms with E-state index < -0.39 is 0 Å². The molecular formula is C21H29NO2. The van der Waals surface area contributed by atoms with Crippen LogP contribution in [-0.2, 0) is 4.79 Å². The first-order valence-corrected chi connectivity index (χ1v) is 9.30. The quantitative estimate of drug-likeness (QED) is 0.810. The topological polar surface area (TPSA) is 49.3 Å². The van der Waals surface area contributed by atoms with Crippen LogP contribution in [0, 0.1) is 29.6 Å². The van der Waals surface area contributed by atoms with Gasteiger partial charge in [-0.3, -0.25) is 4.79 Å². The van der Waals surface area contributed by atoms with Crippen molar-refractivity contribution in [1.82, 2.24) is 5.32 Å². The van der Waals surface area contributed by atoms with Gasteiger partial charge in [0.25, 0.3) is 0 Å². The fraction of sp³-hybridized carbons (Fsp3) is 0.571. The Morgan fingerprint density at radius 3 is 2.67 bits per heavy atom. The highest BCUT2D eigenvalue weighted by Crippen LogP contribution is 2.48. The van der Waals surface area contributed by atoms with Gasteiger partial charge in [0.2, 0.25) is 5.91 Å². The average molecular weight is 327 g/mol. The minimum absolute atomic E-state index is 0.00854. The van der Waals surface area contributed by atoms with Gasteiger partial charge >= 0.3 is 0 Å². The number of carbonyl (C=O) groups excluding carboxylic acids is 1. The van der Waals surface area contributed by atoms with E-state index in [0.29, 0.717) is 17.8 Å². The lowest BCUT2D eigenvalue weighted by atomic mass is 9.69. The minimum Gasteiger partial charge on any atom is -0.396 e. The van der Waals surface area contributed by atoms with Crippen molar-refractivity contribution < 1.29 is 9.90 Å². The summed E-state index contributed by atoms with van der Waals surface area (Å²) in [6.07, 6.45) is 7.84. The Bertz CT molecular complexity index is 583. The fourth-order valence-corrected chi connectivity index (χ4v) is 4.74. The van der Waals surface area contributed by atoms with Crippen LogP contribution in [0.25, 0.3) is 0 Å². The molecular weight excluding hydrogens is 298 g/mol. The molecule has 0 unspecified atom stereocenters. The summed E-state index contributed by atoms with van der Waals surface area (Å²) in [5.74, 6) is 1.51. The number of fused-ring (bicyclic) bond motifs is 1. The number of aliphatic hydroxyl groups excluding tert-OH is 1. The van der Waals surface area contributed by atoms with Crippen LogP contribution in [0.5, 0.6) is 0 Å². The Kier molecular flexibility index (Phi) is 5.40. The molecule has 1 saturated carbocycles. The second kappa shape index (κ2) is 7.52. The molecule has 0 heterocycles. The number of benzene rings is 1. The number of allylic oxidation sites excluding steroid dienone is 1. The lowest BCUT2D eigenvalue weighted by Crippen LogP contribution is -2.44. The summed E-state index contributed by atoms with van der Waals surface area (Å²) in [6, 6.07) is 10.1. The van der Waals surface area contributed by atoms with Crippen LogP contribution >= 0.6 is 0 Å². The van der Waals surface area contributed by atoms with E-state index in [-0.39, 0.29) is 30.4 Å². The highest BCUT2D eigenvalue weighted by molar-refractivity contribution is 5.80. The fourth-order valence-electron chi connectivity index (χ4n) is 4.74. The van der Waals surface area contributed by atoms with E-state index in [9.17, 15) is 9.90 Å². The van der Waals surface area contributed by atoms with E-state index >= 15 is 0 Å². The van der Waals surface area contributed by atoms with Gasteiger partial charge in [-0.05, 0) is 43.1 Å². The van der Waals surface area contributed by atoms with Crippen LogP contribution in [0.3, 0.4) is 0 Å². The van der Waals surface area contributed by atoms with Gasteiger partial charge in [0.15, 0.2) is 0 Å². The number of nitrogens with one attached hydrogen (secondary N) is 1. The lowest BCUT2D eigenvalue weighted by molar-refractivity contribution is -0.130. The second-order valence-corrected chi connectivity index (χ2v) is 7.38. The Morgan fingerprint density at radius 1 is 1.25 bits per heavy atom. The summed E-state index contributed by atoms with van der Waals surface area (Å²) in [5, 5.41) is 13.0. The lowest BCUT2D eigenvalue weighted by Gasteiger charge is -2.36. The largest absolute Gasteiger partial charge is 0.396 e. The van der Waals surface area contributed by atoms with Gasteiger partial charge in [-0.1, -0.05) is 55.8 Å². The summed E-state index contributed by atoms with van der Waals surface area (Å²) in [4.78, 5) is 13.0. The van der Waals surface area contributed by atoms with Gasteiger partial charge in [-0.15, -0.1) is 0 Å². The third-order valence-electron chi connectivity index (χ3n) is 6.11. The molecule has 0 spiro atoms. The predicted molar refractivity (Wildman–Crippen MR) is 96.2 cm³/mol. The number of amides is 1. The zero-order valence-electron chi connectivity index (χ0n) is 14.7. The maximum Gasteiger partial charge on any atom is 0.224 e. The molecule has 2 aliphatic rings. The molecule has 130 valence electrons. The number of carbonyl (C=O) groups is 1. The monoisotopic (exact) mass is 327 g/mol. The molecule has 1 amide bonds. The molecule has 3 nitrogen and oxygen atoms in total. The van der Waals surface area contributed by atoms with Crippen molar-refractivity contribution >= 4 is 5.91 Å². The Balaban J connectivity index is 1.75. The Labute approximate surface area is 145 Å². The number of rotatable bonds is 5. The first-order chi connectivity index (χ1) is 11.7. The first-order valence-electron chi connectivity index (χ1n) is 9.30. The summed E-state index contributed by atoms with van der Waals surface area (Å²) in [7, 11) is 0. The molecule has 0 aliphatic heterocycles. The van der Waals surface area contributed by atoms with Crippen LogP contribution < -0.4 is 5.32 Å². The summed E-state index contributed by atoms with van der Waals surface area (Å²) < 4.78 is 0. The number of aliphatic hydroxyl groups is 1. The van der Waals surface area contributed by atoms with E-state index in [1.807, 2.05) is 37.3 Å². The molecule has 24 heavy (non-hydrogen) atoms. The van der Waals surface area contributed by atoms with Gasteiger partial charge in [0.1, 0.15) is 0 Å². The molecule has 3 rings (SSSR count). The summed E-state index contributed by atoms with van der Waals surface area (Å²) in [6.45, 7) is 4.32. The average Bonchev–Trinajstić information content (AvgIpc) is 3.04. The SMILES string of the molecule is CC[C@@H]1CC[C@H]2[C@H]1C=C[C@H](CO)[C@@H]2C(=O)N[C@@H](C)c1ccccc1. The van der Waals surface area contributed by atoms with Crippen LogP contribution in [-0.4, -0.2) is 17.6 Å².